The molecule has 9 heavy (non-hydrogen) atoms. The van der Waals surface area contributed by atoms with Gasteiger partial charge in [-0.2, -0.15) is 0 Å². The van der Waals surface area contributed by atoms with Crippen LogP contribution < -0.4 is 0 Å². The van der Waals surface area contributed by atoms with Crippen molar-refractivity contribution in [2.45, 2.75) is 6.92 Å². The van der Waals surface area contributed by atoms with Gasteiger partial charge in [-0.3, -0.25) is 4.79 Å². The summed E-state index contributed by atoms with van der Waals surface area (Å²) in [5.74, 6) is -0.262. The van der Waals surface area contributed by atoms with Crippen LogP contribution in [0.25, 0.3) is 0 Å². The molecule has 0 fully saturated rings. The van der Waals surface area contributed by atoms with Crippen molar-refractivity contribution in [3.63, 3.8) is 0 Å². The summed E-state index contributed by atoms with van der Waals surface area (Å²) in [5.41, 5.74) is 0. The van der Waals surface area contributed by atoms with E-state index in [9.17, 15) is 4.79 Å². The van der Waals surface area contributed by atoms with Gasteiger partial charge in [0.2, 0.25) is 0 Å². The Morgan fingerprint density at radius 1 is 1.56 bits per heavy atom. The van der Waals surface area contributed by atoms with Crippen molar-refractivity contribution < 1.29 is 17.1 Å². The van der Waals surface area contributed by atoms with Crippen molar-refractivity contribution in [2.75, 3.05) is 20.3 Å². The SMILES string of the molecule is COCCOC(C)=O.[Ba+2].[H-].[H-]. The van der Waals surface area contributed by atoms with E-state index in [0.717, 1.165) is 0 Å². The molecular weight excluding hydrogens is 245 g/mol. The molecule has 0 aromatic carbocycles. The molecule has 0 spiro atoms. The van der Waals surface area contributed by atoms with Crippen molar-refractivity contribution in [2.24, 2.45) is 0 Å². The predicted molar refractivity (Wildman–Crippen MR) is 36.5 cm³/mol. The van der Waals surface area contributed by atoms with E-state index in [0.29, 0.717) is 13.2 Å². The van der Waals surface area contributed by atoms with Crippen molar-refractivity contribution >= 4 is 54.9 Å². The second-order valence-electron chi connectivity index (χ2n) is 1.33. The monoisotopic (exact) mass is 258 g/mol. The van der Waals surface area contributed by atoms with E-state index in [1.165, 1.54) is 6.92 Å². The number of esters is 1. The van der Waals surface area contributed by atoms with E-state index < -0.39 is 0 Å². The molecule has 3 nitrogen and oxygen atoms in total. The predicted octanol–water partition coefficient (Wildman–Crippen LogP) is 0.0401. The number of hydrogen-bond donors (Lipinski definition) is 0. The normalized spacial score (nSPS) is 7.78. The summed E-state index contributed by atoms with van der Waals surface area (Å²) < 4.78 is 9.13. The van der Waals surface area contributed by atoms with Gasteiger partial charge in [0, 0.05) is 14.0 Å². The molecule has 0 atom stereocenters. The van der Waals surface area contributed by atoms with Gasteiger partial charge in [-0.1, -0.05) is 0 Å². The molecule has 0 aliphatic rings. The third kappa shape index (κ3) is 12.3. The second kappa shape index (κ2) is 9.00. The average molecular weight is 257 g/mol. The summed E-state index contributed by atoms with van der Waals surface area (Å²) in [6.07, 6.45) is 0. The van der Waals surface area contributed by atoms with Gasteiger partial charge >= 0.3 is 54.9 Å². The molecule has 0 heterocycles. The maximum absolute atomic E-state index is 10.0. The molecule has 0 aromatic heterocycles. The van der Waals surface area contributed by atoms with Crippen LogP contribution in [-0.2, 0) is 14.3 Å². The fourth-order valence-corrected chi connectivity index (χ4v) is 0.269. The van der Waals surface area contributed by atoms with Crippen LogP contribution in [0.1, 0.15) is 9.78 Å². The Bertz CT molecular complexity index is 82.1. The molecule has 0 aliphatic heterocycles. The molecule has 0 amide bonds. The summed E-state index contributed by atoms with van der Waals surface area (Å²) in [5, 5.41) is 0. The Balaban J connectivity index is -0.0000000817. The molecule has 0 radical (unpaired) electrons. The van der Waals surface area contributed by atoms with Gasteiger partial charge in [0.05, 0.1) is 6.61 Å². The molecule has 4 heteroatoms. The van der Waals surface area contributed by atoms with Crippen LogP contribution in [0.15, 0.2) is 0 Å². The Labute approximate surface area is 98.1 Å². The Morgan fingerprint density at radius 2 is 2.11 bits per heavy atom. The zero-order valence-corrected chi connectivity index (χ0v) is 10.3. The van der Waals surface area contributed by atoms with Crippen molar-refractivity contribution in [3.05, 3.63) is 0 Å². The number of ether oxygens (including phenoxy) is 2. The minimum Gasteiger partial charge on any atom is -1.00 e. The largest absolute Gasteiger partial charge is 2.00 e. The van der Waals surface area contributed by atoms with Crippen molar-refractivity contribution in [1.82, 2.24) is 0 Å². The van der Waals surface area contributed by atoms with Crippen LogP contribution in [-0.4, -0.2) is 75.2 Å². The molecule has 0 aromatic rings. The number of carbonyl (C=O) groups excluding carboxylic acids is 1. The maximum Gasteiger partial charge on any atom is 2.00 e. The average Bonchev–Trinajstić information content (AvgIpc) is 1.66. The fraction of sp³-hybridized carbons (Fsp3) is 0.800. The zero-order chi connectivity index (χ0) is 6.41. The van der Waals surface area contributed by atoms with Crippen LogP contribution in [0.3, 0.4) is 0 Å². The van der Waals surface area contributed by atoms with E-state index in [1.807, 2.05) is 0 Å². The number of rotatable bonds is 3. The molecule has 0 bridgehead atoms. The van der Waals surface area contributed by atoms with Gasteiger partial charge in [-0.25, -0.2) is 0 Å². The molecule has 0 N–H and O–H groups in total. The van der Waals surface area contributed by atoms with Gasteiger partial charge in [0.15, 0.2) is 0 Å². The Hall–Kier alpha value is 1.00. The summed E-state index contributed by atoms with van der Waals surface area (Å²) in [7, 11) is 1.56. The summed E-state index contributed by atoms with van der Waals surface area (Å²) in [6, 6.07) is 0. The minimum atomic E-state index is -0.262. The molecule has 0 unspecified atom stereocenters. The quantitative estimate of drug-likeness (QED) is 0.407. The van der Waals surface area contributed by atoms with Gasteiger partial charge < -0.3 is 12.3 Å². The van der Waals surface area contributed by atoms with Crippen LogP contribution >= 0.6 is 0 Å². The summed E-state index contributed by atoms with van der Waals surface area (Å²) in [4.78, 5) is 10.0. The zero-order valence-electron chi connectivity index (χ0n) is 7.85. The van der Waals surface area contributed by atoms with Crippen LogP contribution in [0.5, 0.6) is 0 Å². The third-order valence-corrected chi connectivity index (χ3v) is 0.593. The number of hydrogen-bond acceptors (Lipinski definition) is 3. The van der Waals surface area contributed by atoms with Gasteiger partial charge in [0.1, 0.15) is 6.61 Å². The molecule has 52 valence electrons. The molecule has 0 aliphatic carbocycles. The van der Waals surface area contributed by atoms with Crippen molar-refractivity contribution in [3.8, 4) is 0 Å². The molecule has 0 rings (SSSR count). The second-order valence-corrected chi connectivity index (χ2v) is 1.33. The first kappa shape index (κ1) is 12.7. The van der Waals surface area contributed by atoms with Gasteiger partial charge in [-0.05, 0) is 0 Å². The molecule has 0 saturated heterocycles. The molecule has 0 saturated carbocycles. The van der Waals surface area contributed by atoms with E-state index in [4.69, 9.17) is 0 Å². The fourth-order valence-electron chi connectivity index (χ4n) is 0.269. The van der Waals surface area contributed by atoms with Crippen molar-refractivity contribution in [1.29, 1.82) is 0 Å². The third-order valence-electron chi connectivity index (χ3n) is 0.593. The number of carbonyl (C=O) groups is 1. The van der Waals surface area contributed by atoms with E-state index >= 15 is 0 Å². The number of methoxy groups -OCH3 is 1. The van der Waals surface area contributed by atoms with Crippen LogP contribution in [0.4, 0.5) is 0 Å². The smallest absolute Gasteiger partial charge is 1.00 e. The first-order valence-electron chi connectivity index (χ1n) is 2.39. The maximum atomic E-state index is 10.0. The Morgan fingerprint density at radius 3 is 2.44 bits per heavy atom. The molecular formula is C5H12BaO3. The first-order chi connectivity index (χ1) is 3.77. The summed E-state index contributed by atoms with van der Waals surface area (Å²) >= 11 is 0. The summed E-state index contributed by atoms with van der Waals surface area (Å²) in [6.45, 7) is 2.20. The van der Waals surface area contributed by atoms with Gasteiger partial charge in [0.25, 0.3) is 0 Å². The van der Waals surface area contributed by atoms with E-state index in [2.05, 4.69) is 9.47 Å². The minimum absolute atomic E-state index is 0. The van der Waals surface area contributed by atoms with Gasteiger partial charge in [-0.15, -0.1) is 0 Å². The van der Waals surface area contributed by atoms with Crippen LogP contribution in [0, 0.1) is 0 Å². The first-order valence-corrected chi connectivity index (χ1v) is 2.39. The van der Waals surface area contributed by atoms with E-state index in [1.54, 1.807) is 7.11 Å². The van der Waals surface area contributed by atoms with E-state index in [-0.39, 0.29) is 57.7 Å². The van der Waals surface area contributed by atoms with Crippen LogP contribution in [0.2, 0.25) is 0 Å². The Kier molecular flexibility index (Phi) is 12.7. The topological polar surface area (TPSA) is 35.5 Å². The standard InChI is InChI=1S/C5H10O3.Ba.2H/c1-5(6)8-4-3-7-2;;;/h3-4H2,1-2H3;;;/q;+2;2*-1.